The normalized spacial score (nSPS) is 17.8. The summed E-state index contributed by atoms with van der Waals surface area (Å²) in [5.74, 6) is 1.33. The van der Waals surface area contributed by atoms with Crippen molar-refractivity contribution in [1.29, 1.82) is 0 Å². The van der Waals surface area contributed by atoms with Crippen molar-refractivity contribution in [1.82, 2.24) is 14.1 Å². The van der Waals surface area contributed by atoms with E-state index in [-0.39, 0.29) is 5.54 Å². The lowest BCUT2D eigenvalue weighted by Crippen LogP contribution is -2.44. The molecule has 2 N–H and O–H groups in total. The summed E-state index contributed by atoms with van der Waals surface area (Å²) in [7, 11) is 0. The van der Waals surface area contributed by atoms with E-state index in [9.17, 15) is 5.11 Å². The molecule has 1 fully saturated rings. The summed E-state index contributed by atoms with van der Waals surface area (Å²) in [6.45, 7) is 9.43. The van der Waals surface area contributed by atoms with Gasteiger partial charge in [0.15, 0.2) is 0 Å². The number of aliphatic hydroxyl groups excluding tert-OH is 1. The quantitative estimate of drug-likeness (QED) is 0.753. The number of nitrogens with one attached hydrogen (secondary N) is 1. The summed E-state index contributed by atoms with van der Waals surface area (Å²) in [5, 5.41) is 13.0. The zero-order chi connectivity index (χ0) is 15.3. The lowest BCUT2D eigenvalue weighted by Gasteiger charge is -2.27. The molecule has 7 nitrogen and oxygen atoms in total. The van der Waals surface area contributed by atoms with Crippen LogP contribution < -0.4 is 15.0 Å². The molecule has 120 valence electrons. The van der Waals surface area contributed by atoms with Crippen LogP contribution in [0.4, 0.5) is 5.82 Å². The van der Waals surface area contributed by atoms with Crippen LogP contribution >= 0.6 is 11.7 Å². The molecule has 1 aromatic rings. The first-order valence-electron chi connectivity index (χ1n) is 7.19. The number of rotatable bonds is 6. The van der Waals surface area contributed by atoms with Crippen LogP contribution in [0.3, 0.4) is 0 Å². The second-order valence-electron chi connectivity index (χ2n) is 6.04. The topological polar surface area (TPSA) is 79.7 Å². The summed E-state index contributed by atoms with van der Waals surface area (Å²) >= 11 is 1.14. The zero-order valence-electron chi connectivity index (χ0n) is 12.8. The average molecular weight is 316 g/mol. The van der Waals surface area contributed by atoms with Gasteiger partial charge in [0.2, 0.25) is 5.82 Å². The Bertz CT molecular complexity index is 429. The van der Waals surface area contributed by atoms with Gasteiger partial charge in [0.05, 0.1) is 31.5 Å². The van der Waals surface area contributed by atoms with E-state index in [0.717, 1.165) is 30.6 Å². The van der Waals surface area contributed by atoms with Crippen molar-refractivity contribution < 1.29 is 14.6 Å². The van der Waals surface area contributed by atoms with E-state index in [1.807, 2.05) is 20.8 Å². The van der Waals surface area contributed by atoms with E-state index < -0.39 is 6.23 Å². The Labute approximate surface area is 129 Å². The molecular weight excluding hydrogens is 292 g/mol. The number of hydrogen-bond donors (Lipinski definition) is 2. The van der Waals surface area contributed by atoms with Crippen molar-refractivity contribution >= 4 is 17.5 Å². The fourth-order valence-corrected chi connectivity index (χ4v) is 2.59. The van der Waals surface area contributed by atoms with Crippen LogP contribution in [0.15, 0.2) is 0 Å². The third kappa shape index (κ3) is 5.39. The van der Waals surface area contributed by atoms with Crippen molar-refractivity contribution in [2.24, 2.45) is 0 Å². The Kier molecular flexibility index (Phi) is 5.74. The summed E-state index contributed by atoms with van der Waals surface area (Å²) < 4.78 is 19.5. The molecule has 1 aliphatic rings. The van der Waals surface area contributed by atoms with Crippen molar-refractivity contribution in [2.45, 2.75) is 39.0 Å². The van der Waals surface area contributed by atoms with E-state index in [0.29, 0.717) is 32.1 Å². The highest BCUT2D eigenvalue weighted by atomic mass is 32.1. The number of ether oxygens (including phenoxy) is 2. The van der Waals surface area contributed by atoms with Crippen LogP contribution in [-0.2, 0) is 4.74 Å². The molecule has 0 aliphatic carbocycles. The number of aliphatic hydroxyl groups is 1. The number of aromatic nitrogens is 2. The molecule has 0 radical (unpaired) electrons. The molecule has 0 saturated carbocycles. The molecule has 1 aliphatic heterocycles. The van der Waals surface area contributed by atoms with Gasteiger partial charge in [-0.1, -0.05) is 0 Å². The van der Waals surface area contributed by atoms with Crippen LogP contribution in [0.2, 0.25) is 0 Å². The van der Waals surface area contributed by atoms with Gasteiger partial charge >= 0.3 is 0 Å². The molecule has 1 saturated heterocycles. The first kappa shape index (κ1) is 16.4. The first-order valence-corrected chi connectivity index (χ1v) is 7.92. The molecule has 0 bridgehead atoms. The summed E-state index contributed by atoms with van der Waals surface area (Å²) in [6.07, 6.45) is -0.0967. The average Bonchev–Trinajstić information content (AvgIpc) is 2.86. The molecule has 1 aromatic heterocycles. The fraction of sp³-hybridized carbons (Fsp3) is 0.846. The standard InChI is InChI=1S/C13H24N4O3S/c1-13(2,3)14-10(18)4-7-20-12-11(15-21-16-12)17-5-8-19-9-6-17/h10,14,18H,4-9H2,1-3H3. The smallest absolute Gasteiger partial charge is 0.270 e. The van der Waals surface area contributed by atoms with Crippen molar-refractivity contribution in [3.05, 3.63) is 0 Å². The van der Waals surface area contributed by atoms with Gasteiger partial charge in [0.1, 0.15) is 6.23 Å². The lowest BCUT2D eigenvalue weighted by atomic mass is 10.1. The van der Waals surface area contributed by atoms with Gasteiger partial charge < -0.3 is 19.5 Å². The Morgan fingerprint density at radius 2 is 2.10 bits per heavy atom. The minimum atomic E-state index is -0.594. The van der Waals surface area contributed by atoms with E-state index in [4.69, 9.17) is 9.47 Å². The maximum atomic E-state index is 9.88. The molecule has 1 unspecified atom stereocenters. The SMILES string of the molecule is CC(C)(C)NC(O)CCOc1nsnc1N1CCOCC1. The molecule has 21 heavy (non-hydrogen) atoms. The molecule has 0 aromatic carbocycles. The monoisotopic (exact) mass is 316 g/mol. The molecule has 2 heterocycles. The summed E-state index contributed by atoms with van der Waals surface area (Å²) in [4.78, 5) is 2.12. The second kappa shape index (κ2) is 7.35. The summed E-state index contributed by atoms with van der Waals surface area (Å²) in [5.41, 5.74) is -0.124. The number of hydrogen-bond acceptors (Lipinski definition) is 8. The third-order valence-electron chi connectivity index (χ3n) is 2.98. The highest BCUT2D eigenvalue weighted by molar-refractivity contribution is 6.99. The third-order valence-corrected chi connectivity index (χ3v) is 3.48. The van der Waals surface area contributed by atoms with Gasteiger partial charge in [-0.15, -0.1) is 4.37 Å². The minimum absolute atomic E-state index is 0.124. The first-order chi connectivity index (χ1) is 9.96. The van der Waals surface area contributed by atoms with Gasteiger partial charge in [-0.05, 0) is 20.8 Å². The van der Waals surface area contributed by atoms with Gasteiger partial charge in [0.25, 0.3) is 5.88 Å². The molecule has 1 atom stereocenters. The largest absolute Gasteiger partial charge is 0.474 e. The predicted molar refractivity (Wildman–Crippen MR) is 81.9 cm³/mol. The molecule has 0 spiro atoms. The summed E-state index contributed by atoms with van der Waals surface area (Å²) in [6, 6.07) is 0. The van der Waals surface area contributed by atoms with Gasteiger partial charge in [0, 0.05) is 25.0 Å². The van der Waals surface area contributed by atoms with Crippen LogP contribution in [0, 0.1) is 0 Å². The number of nitrogens with zero attached hydrogens (tertiary/aromatic N) is 3. The molecule has 2 rings (SSSR count). The van der Waals surface area contributed by atoms with E-state index in [1.165, 1.54) is 0 Å². The maximum absolute atomic E-state index is 9.88. The highest BCUT2D eigenvalue weighted by Gasteiger charge is 2.20. The van der Waals surface area contributed by atoms with E-state index in [1.54, 1.807) is 0 Å². The van der Waals surface area contributed by atoms with E-state index in [2.05, 4.69) is 19.0 Å². The predicted octanol–water partition coefficient (Wildman–Crippen LogP) is 0.850. The van der Waals surface area contributed by atoms with Gasteiger partial charge in [-0.2, -0.15) is 4.37 Å². The molecule has 0 amide bonds. The Balaban J connectivity index is 1.80. The fourth-order valence-electron chi connectivity index (χ4n) is 2.07. The number of morpholine rings is 1. The van der Waals surface area contributed by atoms with Crippen LogP contribution in [0.1, 0.15) is 27.2 Å². The molecule has 8 heteroatoms. The number of anilines is 1. The van der Waals surface area contributed by atoms with Crippen molar-refractivity contribution in [2.75, 3.05) is 37.8 Å². The Hall–Kier alpha value is -0.960. The molecular formula is C13H24N4O3S. The second-order valence-corrected chi connectivity index (χ2v) is 6.57. The van der Waals surface area contributed by atoms with Gasteiger partial charge in [-0.25, -0.2) is 0 Å². The Morgan fingerprint density at radius 1 is 1.38 bits per heavy atom. The highest BCUT2D eigenvalue weighted by Crippen LogP contribution is 2.26. The maximum Gasteiger partial charge on any atom is 0.270 e. The van der Waals surface area contributed by atoms with Crippen LogP contribution in [0.5, 0.6) is 5.88 Å². The Morgan fingerprint density at radius 3 is 2.76 bits per heavy atom. The lowest BCUT2D eigenvalue weighted by molar-refractivity contribution is 0.0816. The van der Waals surface area contributed by atoms with Crippen molar-refractivity contribution in [3.8, 4) is 5.88 Å². The van der Waals surface area contributed by atoms with Gasteiger partial charge in [-0.3, -0.25) is 5.32 Å². The van der Waals surface area contributed by atoms with Crippen molar-refractivity contribution in [3.63, 3.8) is 0 Å². The van der Waals surface area contributed by atoms with E-state index >= 15 is 0 Å². The van der Waals surface area contributed by atoms with Crippen LogP contribution in [0.25, 0.3) is 0 Å². The van der Waals surface area contributed by atoms with Crippen LogP contribution in [-0.4, -0.2) is 58.5 Å². The minimum Gasteiger partial charge on any atom is -0.474 e. The zero-order valence-corrected chi connectivity index (χ0v) is 13.7.